The van der Waals surface area contributed by atoms with Crippen molar-refractivity contribution >= 4 is 29.9 Å². The second-order valence-corrected chi connectivity index (χ2v) is 5.93. The van der Waals surface area contributed by atoms with E-state index in [9.17, 15) is 4.39 Å². The third kappa shape index (κ3) is 7.85. The van der Waals surface area contributed by atoms with Gasteiger partial charge in [-0.3, -0.25) is 4.99 Å². The van der Waals surface area contributed by atoms with Crippen molar-refractivity contribution in [3.63, 3.8) is 0 Å². The summed E-state index contributed by atoms with van der Waals surface area (Å²) >= 11 is 0. The number of rotatable bonds is 8. The largest absolute Gasteiger partial charge is 0.381 e. The van der Waals surface area contributed by atoms with E-state index in [1.807, 2.05) is 6.07 Å². The molecule has 1 fully saturated rings. The number of nitriles is 1. The van der Waals surface area contributed by atoms with Crippen LogP contribution in [0.3, 0.4) is 0 Å². The fraction of sp³-hybridized carbons (Fsp3) is 0.556. The Balaban J connectivity index is 0.00000338. The molecule has 2 N–H and O–H groups in total. The molecule has 0 radical (unpaired) electrons. The van der Waals surface area contributed by atoms with Gasteiger partial charge >= 0.3 is 0 Å². The second kappa shape index (κ2) is 12.8. The predicted octanol–water partition coefficient (Wildman–Crippen LogP) is 2.42. The van der Waals surface area contributed by atoms with Crippen molar-refractivity contribution in [2.75, 3.05) is 40.0 Å². The minimum Gasteiger partial charge on any atom is -0.381 e. The van der Waals surface area contributed by atoms with Gasteiger partial charge in [0.1, 0.15) is 5.82 Å². The second-order valence-electron chi connectivity index (χ2n) is 5.93. The predicted molar refractivity (Wildman–Crippen MR) is 109 cm³/mol. The van der Waals surface area contributed by atoms with E-state index in [2.05, 4.69) is 15.6 Å². The first kappa shape index (κ1) is 22.6. The van der Waals surface area contributed by atoms with Crippen molar-refractivity contribution in [2.24, 2.45) is 10.9 Å². The van der Waals surface area contributed by atoms with Crippen LogP contribution in [0.25, 0.3) is 0 Å². The third-order valence-electron chi connectivity index (χ3n) is 3.99. The van der Waals surface area contributed by atoms with E-state index in [4.69, 9.17) is 14.7 Å². The van der Waals surface area contributed by atoms with Crippen LogP contribution in [0, 0.1) is 23.1 Å². The van der Waals surface area contributed by atoms with Crippen LogP contribution in [0.4, 0.5) is 4.39 Å². The minimum atomic E-state index is -0.397. The van der Waals surface area contributed by atoms with E-state index >= 15 is 0 Å². The van der Waals surface area contributed by atoms with E-state index in [0.717, 1.165) is 39.2 Å². The summed E-state index contributed by atoms with van der Waals surface area (Å²) in [7, 11) is 1.67. The number of aliphatic imine (C=N–C) groups is 1. The molecule has 0 aromatic heterocycles. The van der Waals surface area contributed by atoms with Gasteiger partial charge in [0.15, 0.2) is 5.96 Å². The van der Waals surface area contributed by atoms with E-state index in [-0.39, 0.29) is 24.0 Å². The van der Waals surface area contributed by atoms with Gasteiger partial charge in [-0.2, -0.15) is 5.26 Å². The van der Waals surface area contributed by atoms with Gasteiger partial charge in [0, 0.05) is 44.8 Å². The van der Waals surface area contributed by atoms with Crippen LogP contribution in [0.1, 0.15) is 24.0 Å². The summed E-state index contributed by atoms with van der Waals surface area (Å²) in [6.07, 6.45) is 1.94. The fourth-order valence-electron chi connectivity index (χ4n) is 2.51. The smallest absolute Gasteiger partial charge is 0.191 e. The van der Waals surface area contributed by atoms with Crippen molar-refractivity contribution in [1.29, 1.82) is 5.26 Å². The summed E-state index contributed by atoms with van der Waals surface area (Å²) in [5.74, 6) is 0.740. The van der Waals surface area contributed by atoms with Crippen molar-refractivity contribution in [3.05, 3.63) is 35.1 Å². The summed E-state index contributed by atoms with van der Waals surface area (Å²) in [6.45, 7) is 4.11. The van der Waals surface area contributed by atoms with Crippen molar-refractivity contribution in [1.82, 2.24) is 10.6 Å². The molecular formula is C18H26FIN4O2. The monoisotopic (exact) mass is 476 g/mol. The van der Waals surface area contributed by atoms with Crippen LogP contribution >= 0.6 is 24.0 Å². The Morgan fingerprint density at radius 3 is 2.96 bits per heavy atom. The van der Waals surface area contributed by atoms with Crippen molar-refractivity contribution in [2.45, 2.75) is 19.4 Å². The van der Waals surface area contributed by atoms with Crippen LogP contribution in [-0.2, 0) is 16.0 Å². The molecule has 8 heteroatoms. The molecule has 6 nitrogen and oxygen atoms in total. The van der Waals surface area contributed by atoms with E-state index in [1.54, 1.807) is 19.2 Å². The van der Waals surface area contributed by atoms with Gasteiger partial charge in [0.2, 0.25) is 0 Å². The van der Waals surface area contributed by atoms with Gasteiger partial charge in [-0.25, -0.2) is 4.39 Å². The lowest BCUT2D eigenvalue weighted by molar-refractivity contribution is 0.0888. The molecule has 0 spiro atoms. The number of nitrogens with one attached hydrogen (secondary N) is 2. The summed E-state index contributed by atoms with van der Waals surface area (Å²) in [4.78, 5) is 4.11. The molecule has 1 atom stereocenters. The third-order valence-corrected chi connectivity index (χ3v) is 3.99. The number of hydrogen-bond donors (Lipinski definition) is 2. The van der Waals surface area contributed by atoms with E-state index in [0.29, 0.717) is 36.2 Å². The van der Waals surface area contributed by atoms with Gasteiger partial charge < -0.3 is 20.1 Å². The quantitative estimate of drug-likeness (QED) is 0.261. The maximum absolute atomic E-state index is 13.8. The molecule has 1 saturated heterocycles. The first-order chi connectivity index (χ1) is 12.2. The number of halogens is 2. The average molecular weight is 476 g/mol. The molecule has 2 rings (SSSR count). The van der Waals surface area contributed by atoms with E-state index < -0.39 is 5.82 Å². The Morgan fingerprint density at radius 2 is 2.31 bits per heavy atom. The number of guanidine groups is 1. The highest BCUT2D eigenvalue weighted by molar-refractivity contribution is 14.0. The van der Waals surface area contributed by atoms with E-state index in [1.165, 1.54) is 6.07 Å². The van der Waals surface area contributed by atoms with Crippen molar-refractivity contribution in [3.8, 4) is 6.07 Å². The summed E-state index contributed by atoms with van der Waals surface area (Å²) in [5.41, 5.74) is 0.803. The topological polar surface area (TPSA) is 78.7 Å². The van der Waals surface area contributed by atoms with Gasteiger partial charge in [-0.05, 0) is 25.0 Å². The summed E-state index contributed by atoms with van der Waals surface area (Å²) in [5, 5.41) is 15.0. The Bertz CT molecular complexity index is 616. The SMILES string of the molecule is CN=C(NCCCOCC1CCOC1)NCc1ccc(C#N)cc1F.I. The molecule has 1 aromatic rings. The molecule has 1 unspecified atom stereocenters. The number of nitrogens with zero attached hydrogens (tertiary/aromatic N) is 2. The highest BCUT2D eigenvalue weighted by Gasteiger charge is 2.15. The molecule has 0 saturated carbocycles. The van der Waals surface area contributed by atoms with Crippen LogP contribution in [0.2, 0.25) is 0 Å². The molecular weight excluding hydrogens is 450 g/mol. The first-order valence-corrected chi connectivity index (χ1v) is 8.51. The van der Waals surface area contributed by atoms with Crippen LogP contribution in [0.15, 0.2) is 23.2 Å². The summed E-state index contributed by atoms with van der Waals surface area (Å²) in [6, 6.07) is 6.36. The molecule has 0 bridgehead atoms. The van der Waals surface area contributed by atoms with Crippen LogP contribution in [0.5, 0.6) is 0 Å². The number of benzene rings is 1. The molecule has 1 heterocycles. The maximum atomic E-state index is 13.8. The van der Waals surface area contributed by atoms with Crippen molar-refractivity contribution < 1.29 is 13.9 Å². The van der Waals surface area contributed by atoms with Crippen LogP contribution in [-0.4, -0.2) is 46.0 Å². The molecule has 1 aliphatic heterocycles. The lowest BCUT2D eigenvalue weighted by atomic mass is 10.1. The molecule has 0 amide bonds. The average Bonchev–Trinajstić information content (AvgIpc) is 3.14. The first-order valence-electron chi connectivity index (χ1n) is 8.51. The lowest BCUT2D eigenvalue weighted by Crippen LogP contribution is -2.37. The zero-order valence-electron chi connectivity index (χ0n) is 15.0. The number of hydrogen-bond acceptors (Lipinski definition) is 4. The molecule has 0 aliphatic carbocycles. The molecule has 26 heavy (non-hydrogen) atoms. The molecule has 1 aromatic carbocycles. The van der Waals surface area contributed by atoms with Gasteiger partial charge in [-0.15, -0.1) is 24.0 Å². The highest BCUT2D eigenvalue weighted by Crippen LogP contribution is 2.12. The Hall–Kier alpha value is -1.44. The van der Waals surface area contributed by atoms with Gasteiger partial charge in [-0.1, -0.05) is 6.07 Å². The Labute approximate surface area is 171 Å². The highest BCUT2D eigenvalue weighted by atomic mass is 127. The molecule has 1 aliphatic rings. The Kier molecular flexibility index (Phi) is 11.2. The zero-order chi connectivity index (χ0) is 17.9. The van der Waals surface area contributed by atoms with Gasteiger partial charge in [0.05, 0.1) is 24.8 Å². The zero-order valence-corrected chi connectivity index (χ0v) is 17.3. The normalized spacial score (nSPS) is 16.7. The Morgan fingerprint density at radius 1 is 1.46 bits per heavy atom. The fourth-order valence-corrected chi connectivity index (χ4v) is 2.51. The minimum absolute atomic E-state index is 0. The maximum Gasteiger partial charge on any atom is 0.191 e. The van der Waals surface area contributed by atoms with Gasteiger partial charge in [0.25, 0.3) is 0 Å². The lowest BCUT2D eigenvalue weighted by Gasteiger charge is -2.13. The number of ether oxygens (including phenoxy) is 2. The molecule has 144 valence electrons. The van der Waals surface area contributed by atoms with Crippen LogP contribution < -0.4 is 10.6 Å². The summed E-state index contributed by atoms with van der Waals surface area (Å²) < 4.78 is 24.8. The standard InChI is InChI=1S/C18H25FN4O2.HI/c1-21-18(22-6-2-7-24-12-15-5-8-25-13-15)23-11-16-4-3-14(10-20)9-17(16)19;/h3-4,9,15H,2,5-8,11-13H2,1H3,(H2,21,22,23);1H.